The van der Waals surface area contributed by atoms with Gasteiger partial charge in [0.05, 0.1) is 11.0 Å². The predicted molar refractivity (Wildman–Crippen MR) is 111 cm³/mol. The van der Waals surface area contributed by atoms with Crippen LogP contribution in [-0.2, 0) is 22.4 Å². The number of nitrogens with one attached hydrogen (secondary N) is 2. The van der Waals surface area contributed by atoms with E-state index in [0.29, 0.717) is 0 Å². The van der Waals surface area contributed by atoms with Gasteiger partial charge in [-0.3, -0.25) is 9.59 Å². The second-order valence-corrected chi connectivity index (χ2v) is 7.42. The lowest BCUT2D eigenvalue weighted by atomic mass is 10.1. The number of hydrogen-bond acceptors (Lipinski definition) is 3. The Morgan fingerprint density at radius 2 is 1.31 bits per heavy atom. The van der Waals surface area contributed by atoms with E-state index in [1.54, 1.807) is 0 Å². The Hall–Kier alpha value is -2.27. The summed E-state index contributed by atoms with van der Waals surface area (Å²) in [5, 5.41) is 5.43. The first-order chi connectivity index (χ1) is 12.5. The largest absolute Gasteiger partial charge is 0.325 e. The third-order valence-electron chi connectivity index (χ3n) is 4.11. The standard InChI is InChI=1S/C21H26N2O2S/c1-4-16-6-10-18(11-7-16)22-20(24)14-26-15(3)21(25)23-19-12-8-17(5-2)9-13-19/h6-13,15H,4-5,14H2,1-3H3,(H,22,24)(H,23,25)/t15-/m1/s1. The van der Waals surface area contributed by atoms with Gasteiger partial charge in [0.1, 0.15) is 0 Å². The van der Waals surface area contributed by atoms with Crippen LogP contribution in [-0.4, -0.2) is 22.8 Å². The van der Waals surface area contributed by atoms with E-state index < -0.39 is 0 Å². The number of rotatable bonds is 8. The van der Waals surface area contributed by atoms with E-state index in [2.05, 4.69) is 24.5 Å². The summed E-state index contributed by atoms with van der Waals surface area (Å²) in [6.07, 6.45) is 1.94. The number of carbonyl (C=O) groups excluding carboxylic acids is 2. The molecule has 0 spiro atoms. The number of thioether (sulfide) groups is 1. The van der Waals surface area contributed by atoms with E-state index in [1.807, 2.05) is 55.5 Å². The van der Waals surface area contributed by atoms with Crippen LogP contribution < -0.4 is 10.6 Å². The molecule has 2 rings (SSSR count). The van der Waals surface area contributed by atoms with Crippen LogP contribution in [0.2, 0.25) is 0 Å². The Morgan fingerprint density at radius 1 is 0.846 bits per heavy atom. The lowest BCUT2D eigenvalue weighted by Crippen LogP contribution is -2.25. The number of amides is 2. The van der Waals surface area contributed by atoms with Crippen LogP contribution in [0, 0.1) is 0 Å². The maximum Gasteiger partial charge on any atom is 0.237 e. The molecule has 2 amide bonds. The molecule has 0 bridgehead atoms. The molecule has 0 aliphatic rings. The van der Waals surface area contributed by atoms with Crippen LogP contribution in [0.1, 0.15) is 31.9 Å². The van der Waals surface area contributed by atoms with Crippen LogP contribution in [0.25, 0.3) is 0 Å². The Labute approximate surface area is 159 Å². The second kappa shape index (κ2) is 10.0. The summed E-state index contributed by atoms with van der Waals surface area (Å²) >= 11 is 1.32. The second-order valence-electron chi connectivity index (χ2n) is 6.09. The highest BCUT2D eigenvalue weighted by molar-refractivity contribution is 8.01. The molecule has 5 heteroatoms. The summed E-state index contributed by atoms with van der Waals surface area (Å²) < 4.78 is 0. The number of carbonyl (C=O) groups is 2. The zero-order valence-corrected chi connectivity index (χ0v) is 16.4. The minimum atomic E-state index is -0.311. The summed E-state index contributed by atoms with van der Waals surface area (Å²) in [6.45, 7) is 5.99. The van der Waals surface area contributed by atoms with Crippen molar-refractivity contribution in [3.8, 4) is 0 Å². The van der Waals surface area contributed by atoms with Crippen LogP contribution in [0.3, 0.4) is 0 Å². The van der Waals surface area contributed by atoms with Crippen molar-refractivity contribution in [2.24, 2.45) is 0 Å². The number of anilines is 2. The molecule has 0 heterocycles. The fraction of sp³-hybridized carbons (Fsp3) is 0.333. The first-order valence-corrected chi connectivity index (χ1v) is 9.97. The highest BCUT2D eigenvalue weighted by Crippen LogP contribution is 2.16. The lowest BCUT2D eigenvalue weighted by Gasteiger charge is -2.12. The molecule has 0 aliphatic carbocycles. The molecule has 0 fully saturated rings. The SMILES string of the molecule is CCc1ccc(NC(=O)CS[C@H](C)C(=O)Nc2ccc(CC)cc2)cc1. The van der Waals surface area contributed by atoms with E-state index >= 15 is 0 Å². The van der Waals surface area contributed by atoms with Crippen molar-refractivity contribution >= 4 is 35.0 Å². The number of hydrogen-bond donors (Lipinski definition) is 2. The van der Waals surface area contributed by atoms with Crippen molar-refractivity contribution in [3.63, 3.8) is 0 Å². The Kier molecular flexibility index (Phi) is 7.73. The zero-order chi connectivity index (χ0) is 18.9. The molecule has 0 saturated heterocycles. The van der Waals surface area contributed by atoms with Gasteiger partial charge < -0.3 is 10.6 Å². The van der Waals surface area contributed by atoms with Crippen molar-refractivity contribution in [2.45, 2.75) is 38.9 Å². The summed E-state index contributed by atoms with van der Waals surface area (Å²) in [7, 11) is 0. The topological polar surface area (TPSA) is 58.2 Å². The molecule has 0 aliphatic heterocycles. The van der Waals surface area contributed by atoms with Gasteiger partial charge >= 0.3 is 0 Å². The minimum Gasteiger partial charge on any atom is -0.325 e. The van der Waals surface area contributed by atoms with Crippen molar-refractivity contribution in [1.29, 1.82) is 0 Å². The molecule has 0 aromatic heterocycles. The molecule has 2 aromatic rings. The summed E-state index contributed by atoms with van der Waals surface area (Å²) in [6, 6.07) is 15.6. The first kappa shape index (κ1) is 20.0. The average molecular weight is 371 g/mol. The molecule has 2 aromatic carbocycles. The lowest BCUT2D eigenvalue weighted by molar-refractivity contribution is -0.115. The zero-order valence-electron chi connectivity index (χ0n) is 15.5. The Bertz CT molecular complexity index is 727. The van der Waals surface area contributed by atoms with Gasteiger partial charge in [0.25, 0.3) is 0 Å². The van der Waals surface area contributed by atoms with Crippen LogP contribution in [0.15, 0.2) is 48.5 Å². The van der Waals surface area contributed by atoms with E-state index in [0.717, 1.165) is 24.2 Å². The molecule has 2 N–H and O–H groups in total. The maximum absolute atomic E-state index is 12.2. The third-order valence-corrected chi connectivity index (χ3v) is 5.25. The molecule has 4 nitrogen and oxygen atoms in total. The van der Waals surface area contributed by atoms with E-state index in [1.165, 1.54) is 22.9 Å². The molecule has 26 heavy (non-hydrogen) atoms. The molecule has 0 saturated carbocycles. The smallest absolute Gasteiger partial charge is 0.237 e. The molecular weight excluding hydrogens is 344 g/mol. The first-order valence-electron chi connectivity index (χ1n) is 8.92. The predicted octanol–water partition coefficient (Wildman–Crippen LogP) is 4.51. The highest BCUT2D eigenvalue weighted by atomic mass is 32.2. The van der Waals surface area contributed by atoms with E-state index in [9.17, 15) is 9.59 Å². The Balaban J connectivity index is 1.77. The molecule has 0 unspecified atom stereocenters. The normalized spacial score (nSPS) is 11.7. The van der Waals surface area contributed by atoms with Gasteiger partial charge in [0.2, 0.25) is 11.8 Å². The van der Waals surface area contributed by atoms with Gasteiger partial charge in [0.15, 0.2) is 0 Å². The quantitative estimate of drug-likeness (QED) is 0.719. The van der Waals surface area contributed by atoms with Crippen molar-refractivity contribution in [3.05, 3.63) is 59.7 Å². The van der Waals surface area contributed by atoms with Gasteiger partial charge in [-0.05, 0) is 55.2 Å². The average Bonchev–Trinajstić information content (AvgIpc) is 2.67. The molecule has 0 radical (unpaired) electrons. The fourth-order valence-electron chi connectivity index (χ4n) is 2.36. The maximum atomic E-state index is 12.2. The number of aryl methyl sites for hydroxylation is 2. The molecule has 1 atom stereocenters. The minimum absolute atomic E-state index is 0.0978. The van der Waals surface area contributed by atoms with Crippen LogP contribution in [0.5, 0.6) is 0 Å². The Morgan fingerprint density at radius 3 is 1.77 bits per heavy atom. The monoisotopic (exact) mass is 370 g/mol. The fourth-order valence-corrected chi connectivity index (χ4v) is 3.05. The van der Waals surface area contributed by atoms with Gasteiger partial charge in [-0.25, -0.2) is 0 Å². The molecule has 138 valence electrons. The van der Waals surface area contributed by atoms with Crippen LogP contribution in [0.4, 0.5) is 11.4 Å². The van der Waals surface area contributed by atoms with E-state index in [-0.39, 0.29) is 22.8 Å². The van der Waals surface area contributed by atoms with Gasteiger partial charge in [-0.15, -0.1) is 11.8 Å². The van der Waals surface area contributed by atoms with E-state index in [4.69, 9.17) is 0 Å². The number of benzene rings is 2. The van der Waals surface area contributed by atoms with Crippen LogP contribution >= 0.6 is 11.8 Å². The molecular formula is C21H26N2O2S. The van der Waals surface area contributed by atoms with Crippen molar-refractivity contribution in [1.82, 2.24) is 0 Å². The van der Waals surface area contributed by atoms with Crippen molar-refractivity contribution in [2.75, 3.05) is 16.4 Å². The summed E-state index contributed by atoms with van der Waals surface area (Å²) in [4.78, 5) is 24.3. The van der Waals surface area contributed by atoms with Gasteiger partial charge in [-0.2, -0.15) is 0 Å². The highest BCUT2D eigenvalue weighted by Gasteiger charge is 2.15. The summed E-state index contributed by atoms with van der Waals surface area (Å²) in [5.74, 6) is 0.0318. The van der Waals surface area contributed by atoms with Gasteiger partial charge in [-0.1, -0.05) is 38.1 Å². The summed E-state index contributed by atoms with van der Waals surface area (Å²) in [5.41, 5.74) is 4.02. The van der Waals surface area contributed by atoms with Gasteiger partial charge in [0, 0.05) is 11.4 Å². The third kappa shape index (κ3) is 6.23. The van der Waals surface area contributed by atoms with Crippen molar-refractivity contribution < 1.29 is 9.59 Å².